The molecule has 0 saturated heterocycles. The van der Waals surface area contributed by atoms with E-state index in [0.29, 0.717) is 0 Å². The lowest BCUT2D eigenvalue weighted by molar-refractivity contribution is -0.108. The number of carbonyl (C=O) groups is 1. The highest BCUT2D eigenvalue weighted by molar-refractivity contribution is 5.65. The number of aryl methyl sites for hydroxylation is 1. The maximum atomic E-state index is 11.1. The Bertz CT molecular complexity index is 509. The minimum atomic E-state index is -0.258. The van der Waals surface area contributed by atoms with Crippen molar-refractivity contribution in [3.05, 3.63) is 41.3 Å². The first-order valence-corrected chi connectivity index (χ1v) is 7.13. The van der Waals surface area contributed by atoms with E-state index in [9.17, 15) is 4.79 Å². The van der Waals surface area contributed by atoms with Crippen LogP contribution in [0, 0.1) is 13.8 Å². The normalized spacial score (nSPS) is 21.6. The molecule has 2 rings (SSSR count). The van der Waals surface area contributed by atoms with Gasteiger partial charge in [-0.25, -0.2) is 0 Å². The lowest BCUT2D eigenvalue weighted by atomic mass is 9.62. The van der Waals surface area contributed by atoms with Crippen LogP contribution in [-0.2, 0) is 15.6 Å². The van der Waals surface area contributed by atoms with E-state index in [1.54, 1.807) is 0 Å². The Hall–Kier alpha value is -1.11. The molecule has 103 valence electrons. The Kier molecular flexibility index (Phi) is 3.36. The van der Waals surface area contributed by atoms with Gasteiger partial charge in [0.2, 0.25) is 0 Å². The van der Waals surface area contributed by atoms with Gasteiger partial charge in [0.15, 0.2) is 0 Å². The maximum absolute atomic E-state index is 11.1. The molecule has 1 radical (unpaired) electrons. The summed E-state index contributed by atoms with van der Waals surface area (Å²) in [5.74, 6) is -0.258. The maximum Gasteiger partial charge on any atom is 0.127 e. The zero-order valence-electron chi connectivity index (χ0n) is 12.8. The molecule has 1 nitrogen and oxygen atoms in total. The van der Waals surface area contributed by atoms with Gasteiger partial charge in [-0.05, 0) is 59.8 Å². The van der Waals surface area contributed by atoms with E-state index in [-0.39, 0.29) is 16.7 Å². The largest absolute Gasteiger partial charge is 0.303 e. The standard InChI is InChI=1S/C18H25O/c1-12-9-15-16(10-14(12)13(2)11-19)18(5,6)8-7-17(15,3)4/h9-11,13H,2,7-8H2,1,3-6H3. The monoisotopic (exact) mass is 257 g/mol. The molecule has 0 spiro atoms. The number of hydrogen-bond acceptors (Lipinski definition) is 1. The molecule has 0 N–H and O–H groups in total. The molecular weight excluding hydrogens is 232 g/mol. The van der Waals surface area contributed by atoms with Crippen molar-refractivity contribution in [2.45, 2.75) is 64.2 Å². The minimum Gasteiger partial charge on any atom is -0.303 e. The molecule has 0 fully saturated rings. The molecule has 1 unspecified atom stereocenters. The molecule has 0 heterocycles. The highest BCUT2D eigenvalue weighted by Gasteiger charge is 2.37. The average Bonchev–Trinajstić information content (AvgIpc) is 2.34. The lowest BCUT2D eigenvalue weighted by Crippen LogP contribution is -2.34. The summed E-state index contributed by atoms with van der Waals surface area (Å²) in [6.45, 7) is 15.3. The highest BCUT2D eigenvalue weighted by atomic mass is 16.1. The van der Waals surface area contributed by atoms with Crippen LogP contribution in [0.2, 0.25) is 0 Å². The molecule has 0 amide bonds. The molecule has 1 aromatic rings. The van der Waals surface area contributed by atoms with Crippen LogP contribution in [0.15, 0.2) is 12.1 Å². The molecule has 0 aliphatic heterocycles. The summed E-state index contributed by atoms with van der Waals surface area (Å²) in [6.07, 6.45) is 3.35. The zero-order chi connectivity index (χ0) is 14.4. The second kappa shape index (κ2) is 4.47. The van der Waals surface area contributed by atoms with E-state index < -0.39 is 0 Å². The molecule has 0 aromatic heterocycles. The molecule has 1 aromatic carbocycles. The third kappa shape index (κ3) is 2.35. The fraction of sp³-hybridized carbons (Fsp3) is 0.556. The van der Waals surface area contributed by atoms with Crippen molar-refractivity contribution in [1.82, 2.24) is 0 Å². The summed E-state index contributed by atoms with van der Waals surface area (Å²) < 4.78 is 0. The zero-order valence-corrected chi connectivity index (χ0v) is 12.8. The van der Waals surface area contributed by atoms with Crippen LogP contribution in [0.3, 0.4) is 0 Å². The Morgan fingerprint density at radius 2 is 1.58 bits per heavy atom. The van der Waals surface area contributed by atoms with Gasteiger partial charge in [-0.2, -0.15) is 0 Å². The third-order valence-corrected chi connectivity index (χ3v) is 4.80. The third-order valence-electron chi connectivity index (χ3n) is 4.80. The number of aldehydes is 1. The Morgan fingerprint density at radius 1 is 1.11 bits per heavy atom. The van der Waals surface area contributed by atoms with E-state index >= 15 is 0 Å². The van der Waals surface area contributed by atoms with E-state index in [1.165, 1.54) is 29.5 Å². The molecule has 1 atom stereocenters. The lowest BCUT2D eigenvalue weighted by Gasteiger charge is -2.42. The molecule has 1 aliphatic carbocycles. The fourth-order valence-electron chi connectivity index (χ4n) is 3.21. The quantitative estimate of drug-likeness (QED) is 0.715. The van der Waals surface area contributed by atoms with E-state index in [1.807, 2.05) is 0 Å². The number of fused-ring (bicyclic) bond motifs is 1. The Morgan fingerprint density at radius 3 is 2.05 bits per heavy atom. The number of hydrogen-bond donors (Lipinski definition) is 0. The molecule has 0 saturated carbocycles. The van der Waals surface area contributed by atoms with Gasteiger partial charge in [-0.3, -0.25) is 0 Å². The second-order valence-electron chi connectivity index (χ2n) is 7.26. The topological polar surface area (TPSA) is 17.1 Å². The van der Waals surface area contributed by atoms with Crippen LogP contribution in [0.5, 0.6) is 0 Å². The Labute approximate surface area is 117 Å². The van der Waals surface area contributed by atoms with Crippen molar-refractivity contribution in [2.24, 2.45) is 0 Å². The van der Waals surface area contributed by atoms with Crippen molar-refractivity contribution >= 4 is 6.29 Å². The molecule has 19 heavy (non-hydrogen) atoms. The molecule has 1 heteroatoms. The number of carbonyl (C=O) groups excluding carboxylic acids is 1. The van der Waals surface area contributed by atoms with Crippen molar-refractivity contribution in [2.75, 3.05) is 0 Å². The van der Waals surface area contributed by atoms with Gasteiger partial charge < -0.3 is 4.79 Å². The molecule has 1 aliphatic rings. The summed E-state index contributed by atoms with van der Waals surface area (Å²) in [7, 11) is 0. The van der Waals surface area contributed by atoms with Gasteiger partial charge in [0.1, 0.15) is 6.29 Å². The van der Waals surface area contributed by atoms with E-state index in [0.717, 1.165) is 11.8 Å². The first-order chi connectivity index (χ1) is 8.69. The van der Waals surface area contributed by atoms with Crippen LogP contribution >= 0.6 is 0 Å². The van der Waals surface area contributed by atoms with Gasteiger partial charge in [0, 0.05) is 5.92 Å². The smallest absolute Gasteiger partial charge is 0.127 e. The van der Waals surface area contributed by atoms with Gasteiger partial charge >= 0.3 is 0 Å². The van der Waals surface area contributed by atoms with Gasteiger partial charge in [-0.1, -0.05) is 39.8 Å². The molecular formula is C18H25O. The number of rotatable bonds is 2. The summed E-state index contributed by atoms with van der Waals surface area (Å²) in [6, 6.07) is 4.52. The van der Waals surface area contributed by atoms with Gasteiger partial charge in [0.25, 0.3) is 0 Å². The van der Waals surface area contributed by atoms with Crippen molar-refractivity contribution in [3.8, 4) is 0 Å². The summed E-state index contributed by atoms with van der Waals surface area (Å²) in [4.78, 5) is 11.1. The van der Waals surface area contributed by atoms with Crippen LogP contribution in [0.25, 0.3) is 0 Å². The summed E-state index contributed by atoms with van der Waals surface area (Å²) in [5, 5.41) is 0. The van der Waals surface area contributed by atoms with Crippen LogP contribution in [0.4, 0.5) is 0 Å². The first-order valence-electron chi connectivity index (χ1n) is 7.13. The Balaban J connectivity index is 2.68. The van der Waals surface area contributed by atoms with Gasteiger partial charge in [0.05, 0.1) is 0 Å². The molecule has 0 bridgehead atoms. The first kappa shape index (κ1) is 14.3. The van der Waals surface area contributed by atoms with E-state index in [4.69, 9.17) is 0 Å². The van der Waals surface area contributed by atoms with Gasteiger partial charge in [-0.15, -0.1) is 0 Å². The van der Waals surface area contributed by atoms with Crippen LogP contribution < -0.4 is 0 Å². The second-order valence-corrected chi connectivity index (χ2v) is 7.26. The van der Waals surface area contributed by atoms with Crippen molar-refractivity contribution in [3.63, 3.8) is 0 Å². The van der Waals surface area contributed by atoms with Crippen molar-refractivity contribution < 1.29 is 4.79 Å². The number of benzene rings is 1. The fourth-order valence-corrected chi connectivity index (χ4v) is 3.21. The predicted octanol–water partition coefficient (Wildman–Crippen LogP) is 4.46. The summed E-state index contributed by atoms with van der Waals surface area (Å²) >= 11 is 0. The average molecular weight is 257 g/mol. The SMILES string of the molecule is [CH2]C(C=O)c1cc2c(cc1C)C(C)(C)CCC2(C)C. The van der Waals surface area contributed by atoms with Crippen LogP contribution in [-0.4, -0.2) is 6.29 Å². The summed E-state index contributed by atoms with van der Waals surface area (Å²) in [5.41, 5.74) is 5.54. The minimum absolute atomic E-state index is 0.190. The predicted molar refractivity (Wildman–Crippen MR) is 80.6 cm³/mol. The highest BCUT2D eigenvalue weighted by Crippen LogP contribution is 2.46. The van der Waals surface area contributed by atoms with E-state index in [2.05, 4.69) is 53.7 Å². The van der Waals surface area contributed by atoms with Crippen LogP contribution in [0.1, 0.15) is 68.7 Å². The van der Waals surface area contributed by atoms with Crippen molar-refractivity contribution in [1.29, 1.82) is 0 Å².